The average Bonchev–Trinajstić information content (AvgIpc) is 2.71. The zero-order valence-corrected chi connectivity index (χ0v) is 15.7. The highest BCUT2D eigenvalue weighted by Crippen LogP contribution is 2.35. The van der Waals surface area contributed by atoms with E-state index in [9.17, 15) is 28.1 Å². The van der Waals surface area contributed by atoms with Crippen LogP contribution in [0, 0.1) is 10.1 Å². The molecular formula is C18H16F3N3O6. The Morgan fingerprint density at radius 3 is 2.53 bits per heavy atom. The summed E-state index contributed by atoms with van der Waals surface area (Å²) in [7, 11) is 2.60. The second-order valence-electron chi connectivity index (χ2n) is 5.63. The second-order valence-corrected chi connectivity index (χ2v) is 5.63. The van der Waals surface area contributed by atoms with Gasteiger partial charge in [-0.15, -0.1) is 0 Å². The van der Waals surface area contributed by atoms with Crippen LogP contribution in [-0.4, -0.2) is 37.9 Å². The van der Waals surface area contributed by atoms with E-state index in [2.05, 4.69) is 15.3 Å². The summed E-state index contributed by atoms with van der Waals surface area (Å²) in [6.45, 7) is -0.320. The maximum atomic E-state index is 12.7. The molecule has 0 saturated heterocycles. The number of hydrazone groups is 1. The van der Waals surface area contributed by atoms with E-state index < -0.39 is 28.3 Å². The SMILES string of the molecule is COC(=O)COc1ccc(/C=N\Nc2ccc(C(F)(F)F)cc2[N+](=O)[O-])cc1OC. The van der Waals surface area contributed by atoms with Crippen molar-refractivity contribution in [2.75, 3.05) is 26.3 Å². The Bertz CT molecular complexity index is 963. The Labute approximate surface area is 168 Å². The Balaban J connectivity index is 2.16. The molecule has 2 rings (SSSR count). The van der Waals surface area contributed by atoms with Crippen LogP contribution in [-0.2, 0) is 15.7 Å². The number of rotatable bonds is 8. The number of alkyl halides is 3. The number of hydrogen-bond acceptors (Lipinski definition) is 8. The van der Waals surface area contributed by atoms with Crippen molar-refractivity contribution in [2.24, 2.45) is 5.10 Å². The van der Waals surface area contributed by atoms with Crippen molar-refractivity contribution in [1.82, 2.24) is 0 Å². The number of benzene rings is 2. The van der Waals surface area contributed by atoms with Gasteiger partial charge in [-0.3, -0.25) is 15.5 Å². The van der Waals surface area contributed by atoms with Crippen molar-refractivity contribution in [1.29, 1.82) is 0 Å². The van der Waals surface area contributed by atoms with Crippen molar-refractivity contribution in [3.05, 3.63) is 57.6 Å². The molecule has 0 aliphatic carbocycles. The number of esters is 1. The van der Waals surface area contributed by atoms with Crippen LogP contribution in [0.1, 0.15) is 11.1 Å². The number of nitrogens with one attached hydrogen (secondary N) is 1. The monoisotopic (exact) mass is 427 g/mol. The van der Waals surface area contributed by atoms with Gasteiger partial charge in [-0.05, 0) is 35.9 Å². The van der Waals surface area contributed by atoms with Gasteiger partial charge < -0.3 is 14.2 Å². The molecule has 30 heavy (non-hydrogen) atoms. The van der Waals surface area contributed by atoms with Crippen LogP contribution >= 0.6 is 0 Å². The van der Waals surface area contributed by atoms with Crippen molar-refractivity contribution in [3.8, 4) is 11.5 Å². The fraction of sp³-hybridized carbons (Fsp3) is 0.222. The quantitative estimate of drug-likeness (QED) is 0.296. The molecule has 12 heteroatoms. The lowest BCUT2D eigenvalue weighted by Gasteiger charge is -2.10. The number of halogens is 3. The van der Waals surface area contributed by atoms with E-state index in [4.69, 9.17) is 9.47 Å². The average molecular weight is 427 g/mol. The highest BCUT2D eigenvalue weighted by molar-refractivity contribution is 5.82. The first kappa shape index (κ1) is 22.5. The molecular weight excluding hydrogens is 411 g/mol. The summed E-state index contributed by atoms with van der Waals surface area (Å²) in [5, 5.41) is 14.9. The van der Waals surface area contributed by atoms with Crippen molar-refractivity contribution in [2.45, 2.75) is 6.18 Å². The molecule has 0 saturated carbocycles. The summed E-state index contributed by atoms with van der Waals surface area (Å²) in [4.78, 5) is 21.3. The minimum atomic E-state index is -4.71. The first-order chi connectivity index (χ1) is 14.2. The summed E-state index contributed by atoms with van der Waals surface area (Å²) in [6, 6.07) is 6.63. The van der Waals surface area contributed by atoms with Crippen LogP contribution in [0.2, 0.25) is 0 Å². The van der Waals surface area contributed by atoms with Crippen LogP contribution in [0.5, 0.6) is 11.5 Å². The van der Waals surface area contributed by atoms with Crippen LogP contribution < -0.4 is 14.9 Å². The van der Waals surface area contributed by atoms with Crippen molar-refractivity contribution < 1.29 is 37.1 Å². The maximum absolute atomic E-state index is 12.7. The first-order valence-electron chi connectivity index (χ1n) is 8.18. The molecule has 0 aromatic heterocycles. The van der Waals surface area contributed by atoms with E-state index in [0.29, 0.717) is 17.7 Å². The number of nitro benzene ring substituents is 1. The van der Waals surface area contributed by atoms with E-state index in [0.717, 1.165) is 6.07 Å². The predicted molar refractivity (Wildman–Crippen MR) is 99.8 cm³/mol. The van der Waals surface area contributed by atoms with Gasteiger partial charge in [0, 0.05) is 6.07 Å². The molecule has 9 nitrogen and oxygen atoms in total. The van der Waals surface area contributed by atoms with Gasteiger partial charge in [-0.25, -0.2) is 4.79 Å². The lowest BCUT2D eigenvalue weighted by atomic mass is 10.1. The lowest BCUT2D eigenvalue weighted by molar-refractivity contribution is -0.384. The van der Waals surface area contributed by atoms with Gasteiger partial charge in [0.25, 0.3) is 5.69 Å². The number of nitro groups is 1. The maximum Gasteiger partial charge on any atom is 0.416 e. The lowest BCUT2D eigenvalue weighted by Crippen LogP contribution is -2.13. The zero-order chi connectivity index (χ0) is 22.3. The highest BCUT2D eigenvalue weighted by Gasteiger charge is 2.33. The number of carbonyl (C=O) groups excluding carboxylic acids is 1. The summed E-state index contributed by atoms with van der Waals surface area (Å²) in [5.41, 5.74) is 0.706. The largest absolute Gasteiger partial charge is 0.493 e. The fourth-order valence-electron chi connectivity index (χ4n) is 2.21. The molecule has 0 bridgehead atoms. The summed E-state index contributed by atoms with van der Waals surface area (Å²) < 4.78 is 53.1. The van der Waals surface area contributed by atoms with Gasteiger partial charge >= 0.3 is 12.1 Å². The molecule has 2 aromatic rings. The van der Waals surface area contributed by atoms with Crippen LogP contribution in [0.15, 0.2) is 41.5 Å². The number of ether oxygens (including phenoxy) is 3. The van der Waals surface area contributed by atoms with Gasteiger partial charge in [-0.1, -0.05) is 0 Å². The molecule has 0 fully saturated rings. The number of nitrogens with zero attached hydrogens (tertiary/aromatic N) is 2. The fourth-order valence-corrected chi connectivity index (χ4v) is 2.21. The number of anilines is 1. The Morgan fingerprint density at radius 1 is 1.20 bits per heavy atom. The molecule has 0 aliphatic heterocycles. The van der Waals surface area contributed by atoms with E-state index in [-0.39, 0.29) is 23.8 Å². The number of methoxy groups -OCH3 is 2. The minimum absolute atomic E-state index is 0.214. The number of carbonyl (C=O) groups is 1. The van der Waals surface area contributed by atoms with Gasteiger partial charge in [0.2, 0.25) is 0 Å². The normalized spacial score (nSPS) is 11.2. The topological polar surface area (TPSA) is 112 Å². The van der Waals surface area contributed by atoms with Crippen molar-refractivity contribution >= 4 is 23.6 Å². The third kappa shape index (κ3) is 5.83. The second kappa shape index (κ2) is 9.58. The van der Waals surface area contributed by atoms with E-state index in [1.807, 2.05) is 0 Å². The zero-order valence-electron chi connectivity index (χ0n) is 15.7. The smallest absolute Gasteiger partial charge is 0.416 e. The summed E-state index contributed by atoms with van der Waals surface area (Å²) >= 11 is 0. The molecule has 2 aromatic carbocycles. The summed E-state index contributed by atoms with van der Waals surface area (Å²) in [5.74, 6) is -0.0280. The Morgan fingerprint density at radius 2 is 1.93 bits per heavy atom. The van der Waals surface area contributed by atoms with Gasteiger partial charge in [0.15, 0.2) is 18.1 Å². The van der Waals surface area contributed by atoms with Crippen LogP contribution in [0.25, 0.3) is 0 Å². The molecule has 1 N–H and O–H groups in total. The molecule has 0 aliphatic rings. The van der Waals surface area contributed by atoms with E-state index >= 15 is 0 Å². The molecule has 0 amide bonds. The molecule has 160 valence electrons. The van der Waals surface area contributed by atoms with E-state index in [1.165, 1.54) is 32.6 Å². The Hall–Kier alpha value is -3.83. The molecule has 0 spiro atoms. The molecule has 0 atom stereocenters. The molecule has 0 unspecified atom stereocenters. The highest BCUT2D eigenvalue weighted by atomic mass is 19.4. The third-order valence-corrected chi connectivity index (χ3v) is 3.68. The third-order valence-electron chi connectivity index (χ3n) is 3.68. The predicted octanol–water partition coefficient (Wildman–Crippen LogP) is 3.62. The van der Waals surface area contributed by atoms with Crippen molar-refractivity contribution in [3.63, 3.8) is 0 Å². The minimum Gasteiger partial charge on any atom is -0.493 e. The first-order valence-corrected chi connectivity index (χ1v) is 8.18. The molecule has 0 heterocycles. The van der Waals surface area contributed by atoms with Gasteiger partial charge in [-0.2, -0.15) is 18.3 Å². The van der Waals surface area contributed by atoms with Crippen LogP contribution in [0.4, 0.5) is 24.5 Å². The standard InChI is InChI=1S/C18H16F3N3O6/c1-28-16-7-11(3-6-15(16)30-10-17(25)29-2)9-22-23-13-5-4-12(18(19,20)21)8-14(13)24(26)27/h3-9,23H,10H2,1-2H3/b22-9-. The van der Waals surface area contributed by atoms with Crippen LogP contribution in [0.3, 0.4) is 0 Å². The molecule has 0 radical (unpaired) electrons. The number of hydrogen-bond donors (Lipinski definition) is 1. The van der Waals surface area contributed by atoms with Gasteiger partial charge in [0.1, 0.15) is 5.69 Å². The van der Waals surface area contributed by atoms with Gasteiger partial charge in [0.05, 0.1) is 30.9 Å². The summed E-state index contributed by atoms with van der Waals surface area (Å²) in [6.07, 6.45) is -3.44. The van der Waals surface area contributed by atoms with E-state index in [1.54, 1.807) is 6.07 Å². The Kier molecular flexibility index (Phi) is 7.17.